The fourth-order valence-corrected chi connectivity index (χ4v) is 1.39. The SMILES string of the molecule is O=c1[nH]c(=S)[nH]cc1-c1ccccc1. The molecule has 14 heavy (non-hydrogen) atoms. The first-order chi connectivity index (χ1) is 6.77. The van der Waals surface area contributed by atoms with E-state index in [4.69, 9.17) is 12.2 Å². The van der Waals surface area contributed by atoms with Crippen LogP contribution in [0.4, 0.5) is 0 Å². The van der Waals surface area contributed by atoms with E-state index in [9.17, 15) is 4.79 Å². The summed E-state index contributed by atoms with van der Waals surface area (Å²) in [5.41, 5.74) is 1.30. The van der Waals surface area contributed by atoms with Crippen LogP contribution < -0.4 is 5.56 Å². The van der Waals surface area contributed by atoms with E-state index in [1.54, 1.807) is 6.20 Å². The van der Waals surface area contributed by atoms with Crippen LogP contribution in [0.15, 0.2) is 41.3 Å². The lowest BCUT2D eigenvalue weighted by Gasteiger charge is -1.98. The van der Waals surface area contributed by atoms with Gasteiger partial charge in [-0.2, -0.15) is 0 Å². The Bertz CT molecular complexity index is 542. The van der Waals surface area contributed by atoms with E-state index in [1.165, 1.54) is 0 Å². The summed E-state index contributed by atoms with van der Waals surface area (Å²) >= 11 is 4.80. The Labute approximate surface area is 85.4 Å². The van der Waals surface area contributed by atoms with Crippen LogP contribution >= 0.6 is 12.2 Å². The van der Waals surface area contributed by atoms with Gasteiger partial charge in [-0.1, -0.05) is 30.3 Å². The van der Waals surface area contributed by atoms with Crippen LogP contribution in [0.1, 0.15) is 0 Å². The van der Waals surface area contributed by atoms with Gasteiger partial charge in [-0.3, -0.25) is 9.78 Å². The molecule has 0 radical (unpaired) electrons. The maximum Gasteiger partial charge on any atom is 0.259 e. The van der Waals surface area contributed by atoms with Gasteiger partial charge in [0.1, 0.15) is 0 Å². The van der Waals surface area contributed by atoms with E-state index >= 15 is 0 Å². The van der Waals surface area contributed by atoms with Gasteiger partial charge < -0.3 is 4.98 Å². The molecule has 2 rings (SSSR count). The first kappa shape index (κ1) is 8.90. The quantitative estimate of drug-likeness (QED) is 0.699. The van der Waals surface area contributed by atoms with Crippen molar-refractivity contribution in [2.75, 3.05) is 0 Å². The van der Waals surface area contributed by atoms with Crippen molar-refractivity contribution < 1.29 is 0 Å². The summed E-state index contributed by atoms with van der Waals surface area (Å²) in [7, 11) is 0. The molecule has 0 aliphatic carbocycles. The zero-order chi connectivity index (χ0) is 9.97. The number of hydrogen-bond donors (Lipinski definition) is 2. The molecule has 0 aliphatic heterocycles. The van der Waals surface area contributed by atoms with Crippen molar-refractivity contribution >= 4 is 12.2 Å². The van der Waals surface area contributed by atoms with Crippen molar-refractivity contribution in [3.05, 3.63) is 51.7 Å². The molecule has 2 N–H and O–H groups in total. The summed E-state index contributed by atoms with van der Waals surface area (Å²) in [5, 5.41) is 0. The van der Waals surface area contributed by atoms with Crippen molar-refractivity contribution in [2.45, 2.75) is 0 Å². The molecule has 0 atom stereocenters. The summed E-state index contributed by atoms with van der Waals surface area (Å²) < 4.78 is 0.342. The molecule has 2 aromatic rings. The van der Waals surface area contributed by atoms with Crippen LogP contribution in [-0.2, 0) is 0 Å². The van der Waals surface area contributed by atoms with E-state index in [0.29, 0.717) is 10.3 Å². The first-order valence-corrected chi connectivity index (χ1v) is 4.55. The van der Waals surface area contributed by atoms with Crippen LogP contribution in [-0.4, -0.2) is 9.97 Å². The van der Waals surface area contributed by atoms with Gasteiger partial charge in [-0.25, -0.2) is 0 Å². The van der Waals surface area contributed by atoms with Gasteiger partial charge in [0.25, 0.3) is 5.56 Å². The van der Waals surface area contributed by atoms with Crippen LogP contribution in [0.2, 0.25) is 0 Å². The summed E-state index contributed by atoms with van der Waals surface area (Å²) in [6.07, 6.45) is 1.62. The van der Waals surface area contributed by atoms with Crippen molar-refractivity contribution in [1.82, 2.24) is 9.97 Å². The predicted octanol–water partition coefficient (Wildman–Crippen LogP) is 2.10. The Morgan fingerprint density at radius 3 is 2.50 bits per heavy atom. The van der Waals surface area contributed by atoms with E-state index in [-0.39, 0.29) is 5.56 Å². The molecule has 0 amide bonds. The Kier molecular flexibility index (Phi) is 2.28. The molecule has 0 spiro atoms. The third-order valence-electron chi connectivity index (χ3n) is 1.90. The van der Waals surface area contributed by atoms with Crippen molar-refractivity contribution in [2.24, 2.45) is 0 Å². The van der Waals surface area contributed by atoms with Gasteiger partial charge in [-0.05, 0) is 17.8 Å². The lowest BCUT2D eigenvalue weighted by molar-refractivity contribution is 1.09. The van der Waals surface area contributed by atoms with E-state index in [1.807, 2.05) is 30.3 Å². The molecule has 1 aromatic carbocycles. The molecule has 1 aromatic heterocycles. The smallest absolute Gasteiger partial charge is 0.259 e. The van der Waals surface area contributed by atoms with Gasteiger partial charge in [0.05, 0.1) is 5.56 Å². The number of H-pyrrole nitrogens is 2. The van der Waals surface area contributed by atoms with Crippen molar-refractivity contribution in [1.29, 1.82) is 0 Å². The molecule has 0 saturated carbocycles. The molecule has 0 saturated heterocycles. The molecule has 0 aliphatic rings. The zero-order valence-corrected chi connectivity index (χ0v) is 8.10. The minimum atomic E-state index is -0.167. The summed E-state index contributed by atoms with van der Waals surface area (Å²) in [6.45, 7) is 0. The third kappa shape index (κ3) is 1.65. The molecule has 0 bridgehead atoms. The molecule has 70 valence electrons. The van der Waals surface area contributed by atoms with Gasteiger partial charge in [0.2, 0.25) is 0 Å². The van der Waals surface area contributed by atoms with Crippen LogP contribution in [0, 0.1) is 4.77 Å². The van der Waals surface area contributed by atoms with Crippen molar-refractivity contribution in [3.8, 4) is 11.1 Å². The second kappa shape index (κ2) is 3.59. The highest BCUT2D eigenvalue weighted by Gasteiger charge is 2.00. The average molecular weight is 204 g/mol. The highest BCUT2D eigenvalue weighted by atomic mass is 32.1. The molecule has 3 nitrogen and oxygen atoms in total. The van der Waals surface area contributed by atoms with Crippen LogP contribution in [0.5, 0.6) is 0 Å². The zero-order valence-electron chi connectivity index (χ0n) is 7.28. The number of aromatic amines is 2. The monoisotopic (exact) mass is 204 g/mol. The second-order valence-corrected chi connectivity index (χ2v) is 3.26. The Balaban J connectivity index is 2.64. The second-order valence-electron chi connectivity index (χ2n) is 2.85. The van der Waals surface area contributed by atoms with Gasteiger partial charge in [0.15, 0.2) is 4.77 Å². The number of rotatable bonds is 1. The maximum absolute atomic E-state index is 11.5. The summed E-state index contributed by atoms with van der Waals surface area (Å²) in [4.78, 5) is 16.8. The minimum absolute atomic E-state index is 0.167. The Hall–Kier alpha value is -1.68. The predicted molar refractivity (Wildman–Crippen MR) is 57.7 cm³/mol. The lowest BCUT2D eigenvalue weighted by Crippen LogP contribution is -2.09. The fourth-order valence-electron chi connectivity index (χ4n) is 1.24. The summed E-state index contributed by atoms with van der Waals surface area (Å²) in [5.74, 6) is 0. The standard InChI is InChI=1S/C10H8N2OS/c13-9-8(6-11-10(14)12-9)7-4-2-1-3-5-7/h1-6H,(H2,11,12,13,14). The first-order valence-electron chi connectivity index (χ1n) is 4.15. The fraction of sp³-hybridized carbons (Fsp3) is 0. The largest absolute Gasteiger partial charge is 0.338 e. The normalized spacial score (nSPS) is 10.0. The van der Waals surface area contributed by atoms with Crippen molar-refractivity contribution in [3.63, 3.8) is 0 Å². The molecule has 0 unspecified atom stereocenters. The molecule has 4 heteroatoms. The minimum Gasteiger partial charge on any atom is -0.338 e. The number of aromatic nitrogens is 2. The average Bonchev–Trinajstić information content (AvgIpc) is 2.19. The Morgan fingerprint density at radius 1 is 1.14 bits per heavy atom. The van der Waals surface area contributed by atoms with Crippen LogP contribution in [0.25, 0.3) is 11.1 Å². The molecule has 1 heterocycles. The number of benzene rings is 1. The van der Waals surface area contributed by atoms with Gasteiger partial charge in [-0.15, -0.1) is 0 Å². The summed E-state index contributed by atoms with van der Waals surface area (Å²) in [6, 6.07) is 9.43. The number of hydrogen-bond acceptors (Lipinski definition) is 2. The van der Waals surface area contributed by atoms with Gasteiger partial charge in [0, 0.05) is 6.20 Å². The molecular formula is C10H8N2OS. The lowest BCUT2D eigenvalue weighted by atomic mass is 10.1. The highest BCUT2D eigenvalue weighted by Crippen LogP contribution is 2.11. The van der Waals surface area contributed by atoms with Gasteiger partial charge >= 0.3 is 0 Å². The third-order valence-corrected chi connectivity index (χ3v) is 2.12. The Morgan fingerprint density at radius 2 is 1.86 bits per heavy atom. The highest BCUT2D eigenvalue weighted by molar-refractivity contribution is 7.71. The number of nitrogens with one attached hydrogen (secondary N) is 2. The molecular weight excluding hydrogens is 196 g/mol. The topological polar surface area (TPSA) is 48.6 Å². The van der Waals surface area contributed by atoms with E-state index in [0.717, 1.165) is 5.56 Å². The molecule has 0 fully saturated rings. The van der Waals surface area contributed by atoms with E-state index in [2.05, 4.69) is 9.97 Å². The van der Waals surface area contributed by atoms with Crippen LogP contribution in [0.3, 0.4) is 0 Å². The maximum atomic E-state index is 11.5. The van der Waals surface area contributed by atoms with E-state index < -0.39 is 0 Å².